The lowest BCUT2D eigenvalue weighted by Gasteiger charge is -2.35. The molecule has 0 radical (unpaired) electrons. The van der Waals surface area contributed by atoms with Crippen molar-refractivity contribution in [1.82, 2.24) is 4.90 Å². The van der Waals surface area contributed by atoms with Gasteiger partial charge in [0.15, 0.2) is 11.5 Å². The van der Waals surface area contributed by atoms with Crippen molar-refractivity contribution >= 4 is 11.9 Å². The third-order valence-electron chi connectivity index (χ3n) is 3.89. The fourth-order valence-electron chi connectivity index (χ4n) is 2.73. The number of amides is 1. The number of carbonyl (C=O) groups is 2. The van der Waals surface area contributed by atoms with Gasteiger partial charge in [-0.05, 0) is 57.6 Å². The van der Waals surface area contributed by atoms with Crippen LogP contribution in [0.25, 0.3) is 0 Å². The summed E-state index contributed by atoms with van der Waals surface area (Å²) in [5, 5.41) is 18.5. The number of aliphatic hydroxyl groups is 1. The summed E-state index contributed by atoms with van der Waals surface area (Å²) in [7, 11) is 0. The molecule has 1 saturated heterocycles. The number of nitrogens with zero attached hydrogens (tertiary/aromatic N) is 1. The molecule has 0 saturated carbocycles. The average molecular weight is 333 g/mol. The van der Waals surface area contributed by atoms with Gasteiger partial charge in [-0.2, -0.15) is 0 Å². The van der Waals surface area contributed by atoms with E-state index >= 15 is 0 Å². The van der Waals surface area contributed by atoms with E-state index in [1.165, 1.54) is 0 Å². The van der Waals surface area contributed by atoms with E-state index in [-0.39, 0.29) is 24.1 Å². The Kier molecular flexibility index (Phi) is 5.68. The Hall–Kier alpha value is -2.26. The zero-order valence-electron chi connectivity index (χ0n) is 14.0. The van der Waals surface area contributed by atoms with Crippen LogP contribution in [0.1, 0.15) is 62.3 Å². The number of carboxylic acid groups (broad SMARTS) is 1. The zero-order valence-corrected chi connectivity index (χ0v) is 14.0. The minimum atomic E-state index is -1.13. The molecule has 2 N–H and O–H groups in total. The Bertz CT molecular complexity index is 659. The highest BCUT2D eigenvalue weighted by molar-refractivity contribution is 5.92. The molecule has 6 nitrogen and oxygen atoms in total. The first kappa shape index (κ1) is 18.1. The van der Waals surface area contributed by atoms with Gasteiger partial charge in [0.1, 0.15) is 5.60 Å². The minimum absolute atomic E-state index is 0.0505. The van der Waals surface area contributed by atoms with E-state index in [0.717, 1.165) is 19.3 Å². The number of likely N-dealkylation sites (tertiary alicyclic amines) is 1. The molecule has 0 unspecified atom stereocenters. The molecule has 2 rings (SSSR count). The normalized spacial score (nSPS) is 18.0. The van der Waals surface area contributed by atoms with Crippen molar-refractivity contribution in [3.05, 3.63) is 23.7 Å². The molecule has 1 aromatic rings. The molecule has 0 aromatic carbocycles. The zero-order chi connectivity index (χ0) is 17.7. The van der Waals surface area contributed by atoms with E-state index in [1.807, 2.05) is 0 Å². The lowest BCUT2D eigenvalue weighted by molar-refractivity contribution is -0.137. The summed E-state index contributed by atoms with van der Waals surface area (Å²) in [5.74, 6) is 4.76. The van der Waals surface area contributed by atoms with Crippen LogP contribution in [0, 0.1) is 11.8 Å². The number of rotatable bonds is 4. The summed E-state index contributed by atoms with van der Waals surface area (Å²) in [6.45, 7) is 3.74. The number of hydrogen-bond donors (Lipinski definition) is 2. The molecule has 1 aromatic heterocycles. The van der Waals surface area contributed by atoms with E-state index in [4.69, 9.17) is 9.52 Å². The van der Waals surface area contributed by atoms with Crippen molar-refractivity contribution in [2.24, 2.45) is 0 Å². The molecule has 0 aliphatic carbocycles. The highest BCUT2D eigenvalue weighted by Gasteiger charge is 2.29. The lowest BCUT2D eigenvalue weighted by Crippen LogP contribution is -2.43. The summed E-state index contributed by atoms with van der Waals surface area (Å²) in [6.07, 6.45) is 3.21. The largest absolute Gasteiger partial charge is 0.481 e. The number of furan rings is 1. The van der Waals surface area contributed by atoms with E-state index in [1.54, 1.807) is 30.9 Å². The Morgan fingerprint density at radius 3 is 2.79 bits per heavy atom. The summed E-state index contributed by atoms with van der Waals surface area (Å²) in [5.41, 5.74) is -1.13. The number of piperidine rings is 1. The van der Waals surface area contributed by atoms with Crippen molar-refractivity contribution in [3.63, 3.8) is 0 Å². The second-order valence-electron chi connectivity index (χ2n) is 6.55. The molecule has 24 heavy (non-hydrogen) atoms. The maximum atomic E-state index is 12.7. The molecular weight excluding hydrogens is 310 g/mol. The fourth-order valence-corrected chi connectivity index (χ4v) is 2.73. The van der Waals surface area contributed by atoms with Crippen molar-refractivity contribution in [2.45, 2.75) is 57.6 Å². The van der Waals surface area contributed by atoms with Crippen LogP contribution >= 0.6 is 0 Å². The minimum Gasteiger partial charge on any atom is -0.481 e. The molecule has 1 amide bonds. The summed E-state index contributed by atoms with van der Waals surface area (Å²) >= 11 is 0. The first-order valence-electron chi connectivity index (χ1n) is 8.14. The number of carbonyl (C=O) groups excluding carboxylic acids is 1. The Balaban J connectivity index is 2.09. The molecule has 130 valence electrons. The fraction of sp³-hybridized carbons (Fsp3) is 0.556. The number of hydrogen-bond acceptors (Lipinski definition) is 4. The van der Waals surface area contributed by atoms with Crippen LogP contribution in [0.4, 0.5) is 0 Å². The molecule has 1 aliphatic heterocycles. The van der Waals surface area contributed by atoms with Crippen LogP contribution < -0.4 is 0 Å². The molecular formula is C18H23NO5. The second-order valence-corrected chi connectivity index (χ2v) is 6.55. The van der Waals surface area contributed by atoms with Gasteiger partial charge in [0, 0.05) is 19.0 Å². The molecule has 1 aliphatic rings. The van der Waals surface area contributed by atoms with Gasteiger partial charge in [-0.25, -0.2) is 0 Å². The molecule has 6 heteroatoms. The SMILES string of the molecule is CC(C)(O)C#Cc1ccc(C(=O)N2CCCC[C@@H]2CCC(=O)O)o1. The highest BCUT2D eigenvalue weighted by Crippen LogP contribution is 2.23. The van der Waals surface area contributed by atoms with Gasteiger partial charge in [0.25, 0.3) is 5.91 Å². The second kappa shape index (κ2) is 7.54. The van der Waals surface area contributed by atoms with Crippen LogP contribution in [-0.4, -0.2) is 45.2 Å². The van der Waals surface area contributed by atoms with Crippen LogP contribution in [0.3, 0.4) is 0 Å². The van der Waals surface area contributed by atoms with Gasteiger partial charge in [-0.15, -0.1) is 0 Å². The maximum Gasteiger partial charge on any atom is 0.303 e. The highest BCUT2D eigenvalue weighted by atomic mass is 16.4. The van der Waals surface area contributed by atoms with Crippen molar-refractivity contribution < 1.29 is 24.2 Å². The molecule has 2 heterocycles. The van der Waals surface area contributed by atoms with Crippen molar-refractivity contribution in [3.8, 4) is 11.8 Å². The quantitative estimate of drug-likeness (QED) is 0.825. The molecule has 1 fully saturated rings. The third-order valence-corrected chi connectivity index (χ3v) is 3.89. The Labute approximate surface area is 141 Å². The van der Waals surface area contributed by atoms with Crippen molar-refractivity contribution in [1.29, 1.82) is 0 Å². The van der Waals surface area contributed by atoms with Crippen LogP contribution in [0.2, 0.25) is 0 Å². The predicted molar refractivity (Wildman–Crippen MR) is 87.4 cm³/mol. The molecule has 0 bridgehead atoms. The van der Waals surface area contributed by atoms with Gasteiger partial charge in [-0.3, -0.25) is 9.59 Å². The summed E-state index contributed by atoms with van der Waals surface area (Å²) in [4.78, 5) is 25.2. The topological polar surface area (TPSA) is 91.0 Å². The maximum absolute atomic E-state index is 12.7. The van der Waals surface area contributed by atoms with Gasteiger partial charge in [0.2, 0.25) is 0 Å². The number of aliphatic carboxylic acids is 1. The van der Waals surface area contributed by atoms with Gasteiger partial charge in [-0.1, -0.05) is 5.92 Å². The van der Waals surface area contributed by atoms with Gasteiger partial charge >= 0.3 is 5.97 Å². The first-order chi connectivity index (χ1) is 11.3. The van der Waals surface area contributed by atoms with Crippen LogP contribution in [0.15, 0.2) is 16.5 Å². The number of carboxylic acids is 1. The standard InChI is InChI=1S/C18H23NO5/c1-18(2,23)11-10-14-7-8-15(24-14)17(22)19-12-4-3-5-13(19)6-9-16(20)21/h7-8,13,23H,3-6,9,12H2,1-2H3,(H,20,21)/t13-/m1/s1. The smallest absolute Gasteiger partial charge is 0.303 e. The third kappa shape index (κ3) is 5.14. The van der Waals surface area contributed by atoms with Crippen LogP contribution in [0.5, 0.6) is 0 Å². The summed E-state index contributed by atoms with van der Waals surface area (Å²) in [6, 6.07) is 3.10. The first-order valence-corrected chi connectivity index (χ1v) is 8.14. The van der Waals surface area contributed by atoms with Crippen LogP contribution in [-0.2, 0) is 4.79 Å². The van der Waals surface area contributed by atoms with Crippen molar-refractivity contribution in [2.75, 3.05) is 6.54 Å². The van der Waals surface area contributed by atoms with E-state index in [9.17, 15) is 14.7 Å². The summed E-state index contributed by atoms with van der Waals surface area (Å²) < 4.78 is 5.48. The van der Waals surface area contributed by atoms with E-state index < -0.39 is 11.6 Å². The lowest BCUT2D eigenvalue weighted by atomic mass is 9.97. The van der Waals surface area contributed by atoms with E-state index in [2.05, 4.69) is 11.8 Å². The van der Waals surface area contributed by atoms with E-state index in [0.29, 0.717) is 18.7 Å². The predicted octanol–water partition coefficient (Wildman–Crippen LogP) is 2.26. The van der Waals surface area contributed by atoms with Gasteiger partial charge in [0.05, 0.1) is 0 Å². The molecule has 1 atom stereocenters. The van der Waals surface area contributed by atoms with Gasteiger partial charge < -0.3 is 19.5 Å². The molecule has 0 spiro atoms. The average Bonchev–Trinajstić information content (AvgIpc) is 2.99. The Morgan fingerprint density at radius 1 is 1.38 bits per heavy atom. The monoisotopic (exact) mass is 333 g/mol. The Morgan fingerprint density at radius 2 is 2.12 bits per heavy atom.